The van der Waals surface area contributed by atoms with Gasteiger partial charge >= 0.3 is 0 Å². The van der Waals surface area contributed by atoms with Gasteiger partial charge in [0, 0.05) is 12.6 Å². The number of rotatable bonds is 7. The van der Waals surface area contributed by atoms with Gasteiger partial charge in [-0.25, -0.2) is 0 Å². The molecule has 0 radical (unpaired) electrons. The van der Waals surface area contributed by atoms with Crippen LogP contribution < -0.4 is 15.4 Å². The summed E-state index contributed by atoms with van der Waals surface area (Å²) in [6.07, 6.45) is 0.934. The monoisotopic (exact) mass is 237 g/mol. The largest absolute Gasteiger partial charge is 0.478 e. The molecule has 0 atom stereocenters. The number of carbonyl (C=O) groups is 1. The lowest BCUT2D eigenvalue weighted by molar-refractivity contribution is -0.119. The third-order valence-corrected chi connectivity index (χ3v) is 2.02. The second-order valence-corrected chi connectivity index (χ2v) is 3.50. The summed E-state index contributed by atoms with van der Waals surface area (Å²) in [5, 5.41) is 5.73. The number of carbonyl (C=O) groups excluding carboxylic acids is 1. The van der Waals surface area contributed by atoms with Gasteiger partial charge in [-0.1, -0.05) is 13.0 Å². The summed E-state index contributed by atoms with van der Waals surface area (Å²) in [4.78, 5) is 15.6. The smallest absolute Gasteiger partial charge is 0.239 e. The SMILES string of the molecule is CCCNC(=O)CNc1cccc(OCC)n1. The maximum absolute atomic E-state index is 11.4. The third kappa shape index (κ3) is 5.19. The molecule has 0 unspecified atom stereocenters. The topological polar surface area (TPSA) is 63.2 Å². The van der Waals surface area contributed by atoms with E-state index in [1.54, 1.807) is 12.1 Å². The molecule has 0 aliphatic rings. The van der Waals surface area contributed by atoms with Gasteiger partial charge in [-0.15, -0.1) is 0 Å². The van der Waals surface area contributed by atoms with Gasteiger partial charge in [0.15, 0.2) is 0 Å². The number of hydrogen-bond donors (Lipinski definition) is 2. The molecular weight excluding hydrogens is 218 g/mol. The molecule has 0 aliphatic carbocycles. The molecule has 0 aliphatic heterocycles. The molecule has 1 amide bonds. The van der Waals surface area contributed by atoms with Crippen LogP contribution in [0.15, 0.2) is 18.2 Å². The van der Waals surface area contributed by atoms with Crippen molar-refractivity contribution in [2.24, 2.45) is 0 Å². The van der Waals surface area contributed by atoms with Crippen molar-refractivity contribution in [2.45, 2.75) is 20.3 Å². The Balaban J connectivity index is 2.40. The molecule has 5 nitrogen and oxygen atoms in total. The fourth-order valence-corrected chi connectivity index (χ4v) is 1.24. The van der Waals surface area contributed by atoms with Crippen LogP contribution in [0.5, 0.6) is 5.88 Å². The first-order valence-corrected chi connectivity index (χ1v) is 5.86. The van der Waals surface area contributed by atoms with Gasteiger partial charge in [-0.05, 0) is 19.4 Å². The minimum Gasteiger partial charge on any atom is -0.478 e. The highest BCUT2D eigenvalue weighted by molar-refractivity contribution is 5.80. The predicted molar refractivity (Wildman–Crippen MR) is 67.2 cm³/mol. The van der Waals surface area contributed by atoms with E-state index in [0.29, 0.717) is 24.8 Å². The Labute approximate surface area is 102 Å². The summed E-state index contributed by atoms with van der Waals surface area (Å²) in [7, 11) is 0. The van der Waals surface area contributed by atoms with Gasteiger partial charge in [0.1, 0.15) is 5.82 Å². The van der Waals surface area contributed by atoms with E-state index in [2.05, 4.69) is 15.6 Å². The number of aromatic nitrogens is 1. The van der Waals surface area contributed by atoms with Crippen molar-refractivity contribution >= 4 is 11.7 Å². The average Bonchev–Trinajstić information content (AvgIpc) is 2.35. The van der Waals surface area contributed by atoms with E-state index in [4.69, 9.17) is 4.74 Å². The molecule has 0 saturated heterocycles. The lowest BCUT2D eigenvalue weighted by Crippen LogP contribution is -2.30. The van der Waals surface area contributed by atoms with E-state index < -0.39 is 0 Å². The number of pyridine rings is 1. The standard InChI is InChI=1S/C12H19N3O2/c1-3-8-13-11(16)9-14-10-6-5-7-12(15-10)17-4-2/h5-7H,3-4,8-9H2,1-2H3,(H,13,16)(H,14,15). The Morgan fingerprint density at radius 3 is 2.94 bits per heavy atom. The highest BCUT2D eigenvalue weighted by atomic mass is 16.5. The zero-order chi connectivity index (χ0) is 12.5. The van der Waals surface area contributed by atoms with E-state index >= 15 is 0 Å². The Morgan fingerprint density at radius 1 is 1.41 bits per heavy atom. The highest BCUT2D eigenvalue weighted by Gasteiger charge is 2.01. The summed E-state index contributed by atoms with van der Waals surface area (Å²) >= 11 is 0. The van der Waals surface area contributed by atoms with Crippen LogP contribution in [0.3, 0.4) is 0 Å². The summed E-state index contributed by atoms with van der Waals surface area (Å²) in [6.45, 7) is 5.42. The molecule has 0 bridgehead atoms. The van der Waals surface area contributed by atoms with E-state index in [9.17, 15) is 4.79 Å². The van der Waals surface area contributed by atoms with Crippen molar-refractivity contribution in [3.05, 3.63) is 18.2 Å². The van der Waals surface area contributed by atoms with Crippen molar-refractivity contribution in [3.8, 4) is 5.88 Å². The predicted octanol–water partition coefficient (Wildman–Crippen LogP) is 1.42. The molecule has 1 rings (SSSR count). The van der Waals surface area contributed by atoms with Crippen molar-refractivity contribution in [1.82, 2.24) is 10.3 Å². The quantitative estimate of drug-likeness (QED) is 0.752. The highest BCUT2D eigenvalue weighted by Crippen LogP contribution is 2.10. The van der Waals surface area contributed by atoms with Crippen LogP contribution in [0.2, 0.25) is 0 Å². The maximum Gasteiger partial charge on any atom is 0.239 e. The molecule has 17 heavy (non-hydrogen) atoms. The summed E-state index contributed by atoms with van der Waals surface area (Å²) in [5.41, 5.74) is 0. The Bertz CT molecular complexity index is 355. The van der Waals surface area contributed by atoms with Gasteiger partial charge in [0.2, 0.25) is 11.8 Å². The van der Waals surface area contributed by atoms with E-state index in [0.717, 1.165) is 6.42 Å². The average molecular weight is 237 g/mol. The summed E-state index contributed by atoms with van der Waals surface area (Å²) in [6, 6.07) is 5.42. The number of hydrogen-bond acceptors (Lipinski definition) is 4. The first-order valence-electron chi connectivity index (χ1n) is 5.86. The van der Waals surface area contributed by atoms with Crippen LogP contribution >= 0.6 is 0 Å². The molecule has 5 heteroatoms. The number of ether oxygens (including phenoxy) is 1. The lowest BCUT2D eigenvalue weighted by atomic mass is 10.4. The van der Waals surface area contributed by atoms with Gasteiger partial charge < -0.3 is 15.4 Å². The summed E-state index contributed by atoms with van der Waals surface area (Å²) < 4.78 is 5.27. The molecule has 0 saturated carbocycles. The summed E-state index contributed by atoms with van der Waals surface area (Å²) in [5.74, 6) is 1.17. The third-order valence-electron chi connectivity index (χ3n) is 2.02. The van der Waals surface area contributed by atoms with Crippen LogP contribution in [0.25, 0.3) is 0 Å². The normalized spacial score (nSPS) is 9.76. The first kappa shape index (κ1) is 13.3. The minimum absolute atomic E-state index is 0.0320. The molecule has 0 spiro atoms. The van der Waals surface area contributed by atoms with Crippen LogP contribution in [0.1, 0.15) is 20.3 Å². The number of nitrogens with one attached hydrogen (secondary N) is 2. The van der Waals surface area contributed by atoms with E-state index in [1.165, 1.54) is 0 Å². The van der Waals surface area contributed by atoms with Crippen molar-refractivity contribution < 1.29 is 9.53 Å². The maximum atomic E-state index is 11.4. The fraction of sp³-hybridized carbons (Fsp3) is 0.500. The van der Waals surface area contributed by atoms with E-state index in [-0.39, 0.29) is 12.5 Å². The zero-order valence-corrected chi connectivity index (χ0v) is 10.3. The molecule has 0 fully saturated rings. The van der Waals surface area contributed by atoms with Gasteiger partial charge in [-0.3, -0.25) is 4.79 Å². The Morgan fingerprint density at radius 2 is 2.24 bits per heavy atom. The van der Waals surface area contributed by atoms with E-state index in [1.807, 2.05) is 19.9 Å². The number of nitrogens with zero attached hydrogens (tertiary/aromatic N) is 1. The molecule has 1 aromatic rings. The Kier molecular flexibility index (Phi) is 5.85. The van der Waals surface area contributed by atoms with Gasteiger partial charge in [-0.2, -0.15) is 4.98 Å². The van der Waals surface area contributed by atoms with Crippen molar-refractivity contribution in [1.29, 1.82) is 0 Å². The fourth-order valence-electron chi connectivity index (χ4n) is 1.24. The molecule has 0 aromatic carbocycles. The van der Waals surface area contributed by atoms with Crippen molar-refractivity contribution in [2.75, 3.05) is 25.0 Å². The Hall–Kier alpha value is -1.78. The number of anilines is 1. The van der Waals surface area contributed by atoms with Crippen molar-refractivity contribution in [3.63, 3.8) is 0 Å². The lowest BCUT2D eigenvalue weighted by Gasteiger charge is -2.07. The van der Waals surface area contributed by atoms with Crippen LogP contribution in [-0.2, 0) is 4.79 Å². The van der Waals surface area contributed by atoms with Gasteiger partial charge in [0.05, 0.1) is 13.2 Å². The minimum atomic E-state index is -0.0320. The molecule has 1 heterocycles. The van der Waals surface area contributed by atoms with Crippen LogP contribution in [-0.4, -0.2) is 30.6 Å². The second kappa shape index (κ2) is 7.49. The number of amides is 1. The molecular formula is C12H19N3O2. The molecule has 1 aromatic heterocycles. The zero-order valence-electron chi connectivity index (χ0n) is 10.3. The van der Waals surface area contributed by atoms with Gasteiger partial charge in [0.25, 0.3) is 0 Å². The second-order valence-electron chi connectivity index (χ2n) is 3.50. The molecule has 2 N–H and O–H groups in total. The van der Waals surface area contributed by atoms with Crippen LogP contribution in [0.4, 0.5) is 5.82 Å². The first-order chi connectivity index (χ1) is 8.26. The molecule has 94 valence electrons. The van der Waals surface area contributed by atoms with Crippen LogP contribution in [0, 0.1) is 0 Å².